The van der Waals surface area contributed by atoms with Crippen molar-refractivity contribution in [2.45, 2.75) is 45.1 Å². The zero-order valence-corrected chi connectivity index (χ0v) is 17.5. The van der Waals surface area contributed by atoms with Crippen LogP contribution in [0.15, 0.2) is 30.3 Å². The van der Waals surface area contributed by atoms with Gasteiger partial charge in [-0.2, -0.15) is 0 Å². The van der Waals surface area contributed by atoms with Crippen molar-refractivity contribution in [3.8, 4) is 5.69 Å². The predicted molar refractivity (Wildman–Crippen MR) is 113 cm³/mol. The molecule has 1 aliphatic rings. The van der Waals surface area contributed by atoms with Crippen LogP contribution in [0.4, 0.5) is 0 Å². The van der Waals surface area contributed by atoms with E-state index < -0.39 is 0 Å². The Labute approximate surface area is 177 Å². The molecule has 0 spiro atoms. The minimum atomic E-state index is -0.0675. The normalized spacial score (nSPS) is 16.2. The molecule has 29 heavy (non-hydrogen) atoms. The number of amides is 2. The number of rotatable bonds is 7. The van der Waals surface area contributed by atoms with E-state index in [9.17, 15) is 9.59 Å². The van der Waals surface area contributed by atoms with E-state index in [1.54, 1.807) is 4.68 Å². The third kappa shape index (κ3) is 5.77. The molecule has 0 radical (unpaired) electrons. The highest BCUT2D eigenvalue weighted by Crippen LogP contribution is 2.19. The molecule has 1 atom stereocenters. The summed E-state index contributed by atoms with van der Waals surface area (Å²) in [6, 6.07) is 9.77. The van der Waals surface area contributed by atoms with Crippen LogP contribution < -0.4 is 11.1 Å². The predicted octanol–water partition coefficient (Wildman–Crippen LogP) is 1.39. The van der Waals surface area contributed by atoms with Gasteiger partial charge < -0.3 is 16.0 Å². The summed E-state index contributed by atoms with van der Waals surface area (Å²) in [7, 11) is 0. The first-order chi connectivity index (χ1) is 13.6. The third-order valence-corrected chi connectivity index (χ3v) is 5.16. The van der Waals surface area contributed by atoms with E-state index in [2.05, 4.69) is 15.6 Å². The van der Waals surface area contributed by atoms with Gasteiger partial charge in [-0.1, -0.05) is 23.4 Å². The van der Waals surface area contributed by atoms with E-state index in [0.29, 0.717) is 31.7 Å². The van der Waals surface area contributed by atoms with Crippen LogP contribution >= 0.6 is 12.4 Å². The number of benzene rings is 1. The zero-order valence-electron chi connectivity index (χ0n) is 16.7. The fourth-order valence-corrected chi connectivity index (χ4v) is 3.58. The second kappa shape index (κ2) is 10.9. The highest BCUT2D eigenvalue weighted by molar-refractivity contribution is 5.85. The molecule has 0 saturated carbocycles. The van der Waals surface area contributed by atoms with Gasteiger partial charge in [-0.25, -0.2) is 4.68 Å². The lowest BCUT2D eigenvalue weighted by molar-refractivity contribution is -0.134. The van der Waals surface area contributed by atoms with Gasteiger partial charge >= 0.3 is 0 Å². The molecule has 3 rings (SSSR count). The number of aromatic nitrogens is 3. The van der Waals surface area contributed by atoms with E-state index in [1.165, 1.54) is 0 Å². The van der Waals surface area contributed by atoms with E-state index in [4.69, 9.17) is 5.73 Å². The van der Waals surface area contributed by atoms with Crippen molar-refractivity contribution in [1.82, 2.24) is 25.2 Å². The van der Waals surface area contributed by atoms with Crippen molar-refractivity contribution < 1.29 is 9.59 Å². The second-order valence-corrected chi connectivity index (χ2v) is 7.13. The Morgan fingerprint density at radius 3 is 2.72 bits per heavy atom. The summed E-state index contributed by atoms with van der Waals surface area (Å²) < 4.78 is 1.75. The van der Waals surface area contributed by atoms with E-state index in [1.807, 2.05) is 42.2 Å². The van der Waals surface area contributed by atoms with Crippen LogP contribution in [0.2, 0.25) is 0 Å². The molecule has 0 bridgehead atoms. The number of hydrogen-bond donors (Lipinski definition) is 2. The molecule has 1 fully saturated rings. The number of nitrogens with zero attached hydrogens (tertiary/aromatic N) is 4. The third-order valence-electron chi connectivity index (χ3n) is 5.16. The van der Waals surface area contributed by atoms with Crippen molar-refractivity contribution >= 4 is 24.2 Å². The molecule has 9 heteroatoms. The number of carbonyl (C=O) groups is 2. The molecular formula is C20H29ClN6O2. The van der Waals surface area contributed by atoms with Crippen molar-refractivity contribution in [2.75, 3.05) is 19.6 Å². The van der Waals surface area contributed by atoms with Crippen molar-refractivity contribution in [3.63, 3.8) is 0 Å². The number of nitrogens with two attached hydrogens (primary N) is 1. The maximum absolute atomic E-state index is 13.0. The summed E-state index contributed by atoms with van der Waals surface area (Å²) in [4.78, 5) is 26.6. The van der Waals surface area contributed by atoms with Gasteiger partial charge in [0, 0.05) is 32.1 Å². The van der Waals surface area contributed by atoms with Gasteiger partial charge in [-0.15, -0.1) is 17.5 Å². The number of halogens is 1. The molecule has 2 aromatic rings. The highest BCUT2D eigenvalue weighted by atomic mass is 35.5. The molecule has 2 amide bonds. The van der Waals surface area contributed by atoms with Crippen LogP contribution in [-0.2, 0) is 16.0 Å². The molecule has 3 N–H and O–H groups in total. The van der Waals surface area contributed by atoms with Crippen LogP contribution in [0.5, 0.6) is 0 Å². The monoisotopic (exact) mass is 420 g/mol. The lowest BCUT2D eigenvalue weighted by Gasteiger charge is -2.36. The van der Waals surface area contributed by atoms with Crippen LogP contribution in [0.25, 0.3) is 5.69 Å². The molecule has 158 valence electrons. The smallest absolute Gasteiger partial charge is 0.229 e. The Morgan fingerprint density at radius 2 is 2.00 bits per heavy atom. The largest absolute Gasteiger partial charge is 0.354 e. The molecule has 1 aromatic carbocycles. The molecule has 1 unspecified atom stereocenters. The fourth-order valence-electron chi connectivity index (χ4n) is 3.58. The summed E-state index contributed by atoms with van der Waals surface area (Å²) >= 11 is 0. The Balaban J connectivity index is 0.00000300. The van der Waals surface area contributed by atoms with Gasteiger partial charge in [0.15, 0.2) is 0 Å². The molecule has 1 aliphatic heterocycles. The summed E-state index contributed by atoms with van der Waals surface area (Å²) in [5, 5.41) is 11.3. The number of likely N-dealkylation sites (tertiary alicyclic amines) is 1. The first-order valence-electron chi connectivity index (χ1n) is 9.83. The molecule has 1 aromatic heterocycles. The summed E-state index contributed by atoms with van der Waals surface area (Å²) in [6.45, 7) is 3.44. The van der Waals surface area contributed by atoms with Gasteiger partial charge in [0.1, 0.15) is 0 Å². The van der Waals surface area contributed by atoms with Gasteiger partial charge in [-0.05, 0) is 38.3 Å². The Hall–Kier alpha value is -2.45. The average Bonchev–Trinajstić information content (AvgIpc) is 3.07. The van der Waals surface area contributed by atoms with E-state index in [-0.39, 0.29) is 36.7 Å². The molecular weight excluding hydrogens is 392 g/mol. The van der Waals surface area contributed by atoms with Gasteiger partial charge in [0.05, 0.1) is 23.5 Å². The summed E-state index contributed by atoms with van der Waals surface area (Å²) in [5.41, 5.74) is 7.89. The first-order valence-corrected chi connectivity index (χ1v) is 9.83. The van der Waals surface area contributed by atoms with Gasteiger partial charge in [0.2, 0.25) is 11.8 Å². The summed E-state index contributed by atoms with van der Waals surface area (Å²) in [5.74, 6) is -0.0388. The van der Waals surface area contributed by atoms with E-state index >= 15 is 0 Å². The Morgan fingerprint density at radius 1 is 1.24 bits per heavy atom. The number of carbonyl (C=O) groups excluding carboxylic acids is 2. The topological polar surface area (TPSA) is 106 Å². The maximum atomic E-state index is 13.0. The Kier molecular flexibility index (Phi) is 8.60. The van der Waals surface area contributed by atoms with Crippen molar-refractivity contribution in [2.24, 2.45) is 5.73 Å². The van der Waals surface area contributed by atoms with E-state index in [0.717, 1.165) is 30.6 Å². The maximum Gasteiger partial charge on any atom is 0.229 e. The van der Waals surface area contributed by atoms with Crippen LogP contribution in [0.1, 0.15) is 37.1 Å². The van der Waals surface area contributed by atoms with Crippen LogP contribution in [0.3, 0.4) is 0 Å². The molecule has 2 heterocycles. The second-order valence-electron chi connectivity index (χ2n) is 7.13. The van der Waals surface area contributed by atoms with Crippen LogP contribution in [-0.4, -0.2) is 57.4 Å². The molecule has 8 nitrogen and oxygen atoms in total. The minimum Gasteiger partial charge on any atom is -0.354 e. The minimum absolute atomic E-state index is 0. The first kappa shape index (κ1) is 22.8. The zero-order chi connectivity index (χ0) is 19.9. The fraction of sp³-hybridized carbons (Fsp3) is 0.500. The lowest BCUT2D eigenvalue weighted by Crippen LogP contribution is -2.50. The van der Waals surface area contributed by atoms with Gasteiger partial charge in [0.25, 0.3) is 0 Å². The van der Waals surface area contributed by atoms with Crippen molar-refractivity contribution in [1.29, 1.82) is 0 Å². The highest BCUT2D eigenvalue weighted by Gasteiger charge is 2.28. The number of nitrogens with one attached hydrogen (secondary N) is 1. The summed E-state index contributed by atoms with van der Waals surface area (Å²) in [6.07, 6.45) is 3.46. The lowest BCUT2D eigenvalue weighted by atomic mass is 10.0. The average molecular weight is 421 g/mol. The van der Waals surface area contributed by atoms with Crippen molar-refractivity contribution in [3.05, 3.63) is 41.7 Å². The molecule has 1 saturated heterocycles. The number of piperidine rings is 1. The SMILES string of the molecule is Cc1c(CC(=O)N2CCCCC2CNC(=O)CCN)nnn1-c1ccccc1.Cl. The Bertz CT molecular complexity index is 811. The number of para-hydroxylation sites is 1. The standard InChI is InChI=1S/C20H28N6O2.ClH/c1-15-18(23-24-26(15)16-7-3-2-4-8-16)13-20(28)25-12-6-5-9-17(25)14-22-19(27)10-11-21;/h2-4,7-8,17H,5-6,9-14,21H2,1H3,(H,22,27);1H. The molecule has 0 aliphatic carbocycles. The van der Waals surface area contributed by atoms with Gasteiger partial charge in [-0.3, -0.25) is 9.59 Å². The number of hydrogen-bond acceptors (Lipinski definition) is 5. The quantitative estimate of drug-likeness (QED) is 0.703. The van der Waals surface area contributed by atoms with Crippen LogP contribution in [0, 0.1) is 6.92 Å².